The number of nitrogens with two attached hydrogens (primary N) is 1. The highest BCUT2D eigenvalue weighted by Gasteiger charge is 2.17. The third-order valence-electron chi connectivity index (χ3n) is 8.50. The van der Waals surface area contributed by atoms with E-state index in [1.165, 1.54) is 7.11 Å². The van der Waals surface area contributed by atoms with Gasteiger partial charge in [0.15, 0.2) is 0 Å². The van der Waals surface area contributed by atoms with Crippen LogP contribution in [0.1, 0.15) is 36.4 Å². The number of rotatable bonds is 7. The zero-order chi connectivity index (χ0) is 36.1. The van der Waals surface area contributed by atoms with E-state index < -0.39 is 6.09 Å². The molecule has 4 heterocycles. The fraction of sp³-hybridized carbons (Fsp3) is 0.250. The predicted octanol–water partition coefficient (Wildman–Crippen LogP) is 6.10. The summed E-state index contributed by atoms with van der Waals surface area (Å²) in [6.07, 6.45) is 7.90. The summed E-state index contributed by atoms with van der Waals surface area (Å²) in [4.78, 5) is 32.8. The first-order chi connectivity index (χ1) is 24.0. The molecule has 0 atom stereocenters. The number of methoxy groups -OCH3 is 1. The number of aromatic nitrogens is 6. The van der Waals surface area contributed by atoms with Crippen LogP contribution in [0.25, 0.3) is 22.1 Å². The van der Waals surface area contributed by atoms with Crippen LogP contribution >= 0.6 is 0 Å². The number of aryl methyl sites for hydroxylation is 4. The molecule has 6 aromatic rings. The zero-order valence-corrected chi connectivity index (χ0v) is 29.1. The van der Waals surface area contributed by atoms with Crippen molar-refractivity contribution in [3.63, 3.8) is 0 Å². The van der Waals surface area contributed by atoms with Crippen molar-refractivity contribution in [1.29, 1.82) is 10.5 Å². The molecule has 0 spiro atoms. The Morgan fingerprint density at radius 1 is 0.800 bits per heavy atom. The lowest BCUT2D eigenvalue weighted by Gasteiger charge is -2.23. The van der Waals surface area contributed by atoms with Gasteiger partial charge in [0, 0.05) is 39.6 Å². The predicted molar refractivity (Wildman–Crippen MR) is 195 cm³/mol. The van der Waals surface area contributed by atoms with Crippen molar-refractivity contribution in [1.82, 2.24) is 29.1 Å². The fourth-order valence-electron chi connectivity index (χ4n) is 5.65. The summed E-state index contributed by atoms with van der Waals surface area (Å²) in [5, 5.41) is 20.8. The molecule has 14 heteroatoms. The van der Waals surface area contributed by atoms with Crippen molar-refractivity contribution in [2.75, 3.05) is 42.1 Å². The number of fused-ring (bicyclic) bond motifs is 2. The molecular formula is C36H38N12O2. The number of benzene rings is 2. The molecule has 0 bridgehead atoms. The Morgan fingerprint density at radius 3 is 1.76 bits per heavy atom. The van der Waals surface area contributed by atoms with E-state index in [4.69, 9.17) is 21.0 Å². The minimum Gasteiger partial charge on any atom is -0.453 e. The molecule has 6 rings (SSSR count). The molecule has 0 unspecified atom stereocenters. The number of nitrogens with zero attached hydrogens (tertiary/aromatic N) is 10. The number of pyridine rings is 2. The Balaban J connectivity index is 0.000000197. The Hall–Kier alpha value is -6.67. The second-order valence-electron chi connectivity index (χ2n) is 11.5. The van der Waals surface area contributed by atoms with Gasteiger partial charge in [0.05, 0.1) is 65.9 Å². The molecule has 14 nitrogen and oxygen atoms in total. The largest absolute Gasteiger partial charge is 0.453 e. The molecule has 0 saturated heterocycles. The SMILES string of the molecule is CCc1cc(C#N)ncc1N(C)c1cc(N)c2ncn(C)c2c1.CCc1cc(C#N)ncc1N(C)c1cc(NC(=O)OC)c2ncn(C)c2c1. The highest BCUT2D eigenvalue weighted by molar-refractivity contribution is 5.99. The van der Waals surface area contributed by atoms with E-state index in [9.17, 15) is 4.79 Å². The Kier molecular flexibility index (Phi) is 10.1. The van der Waals surface area contributed by atoms with Crippen LogP contribution in [0.5, 0.6) is 0 Å². The second kappa shape index (κ2) is 14.6. The minimum absolute atomic E-state index is 0.388. The number of ether oxygens (including phenoxy) is 1. The van der Waals surface area contributed by atoms with E-state index in [-0.39, 0.29) is 0 Å². The van der Waals surface area contributed by atoms with E-state index in [2.05, 4.69) is 50.4 Å². The maximum absolute atomic E-state index is 11.7. The number of hydrogen-bond acceptors (Lipinski definition) is 11. The summed E-state index contributed by atoms with van der Waals surface area (Å²) in [6.45, 7) is 4.09. The summed E-state index contributed by atoms with van der Waals surface area (Å²) in [5.74, 6) is 0. The number of carbonyl (C=O) groups excluding carboxylic acids is 1. The average molecular weight is 671 g/mol. The summed E-state index contributed by atoms with van der Waals surface area (Å²) in [5.41, 5.74) is 17.2. The molecule has 254 valence electrons. The van der Waals surface area contributed by atoms with Gasteiger partial charge in [0.2, 0.25) is 0 Å². The first kappa shape index (κ1) is 34.7. The third kappa shape index (κ3) is 6.81. The number of nitriles is 2. The average Bonchev–Trinajstić information content (AvgIpc) is 3.72. The third-order valence-corrected chi connectivity index (χ3v) is 8.50. The van der Waals surface area contributed by atoms with Crippen molar-refractivity contribution in [2.45, 2.75) is 26.7 Å². The smallest absolute Gasteiger partial charge is 0.411 e. The van der Waals surface area contributed by atoms with E-state index in [0.29, 0.717) is 28.3 Å². The molecule has 0 fully saturated rings. The van der Waals surface area contributed by atoms with Crippen LogP contribution in [-0.4, -0.2) is 56.4 Å². The van der Waals surface area contributed by atoms with E-state index in [1.54, 1.807) is 31.1 Å². The topological polar surface area (TPSA) is 180 Å². The van der Waals surface area contributed by atoms with Gasteiger partial charge < -0.3 is 29.4 Å². The summed E-state index contributed by atoms with van der Waals surface area (Å²) in [7, 11) is 9.04. The van der Waals surface area contributed by atoms with E-state index in [1.807, 2.05) is 78.3 Å². The van der Waals surface area contributed by atoms with Gasteiger partial charge in [-0.25, -0.2) is 24.7 Å². The van der Waals surface area contributed by atoms with Crippen molar-refractivity contribution in [3.05, 3.63) is 84.0 Å². The van der Waals surface area contributed by atoms with Gasteiger partial charge in [-0.1, -0.05) is 13.8 Å². The molecule has 0 aliphatic heterocycles. The van der Waals surface area contributed by atoms with Gasteiger partial charge in [-0.05, 0) is 60.4 Å². The van der Waals surface area contributed by atoms with Crippen LogP contribution in [0.4, 0.5) is 38.9 Å². The Morgan fingerprint density at radius 2 is 1.28 bits per heavy atom. The lowest BCUT2D eigenvalue weighted by molar-refractivity contribution is 0.187. The van der Waals surface area contributed by atoms with Crippen LogP contribution < -0.4 is 20.9 Å². The second-order valence-corrected chi connectivity index (χ2v) is 11.5. The Bertz CT molecular complexity index is 2290. The van der Waals surface area contributed by atoms with Gasteiger partial charge in [0.25, 0.3) is 0 Å². The number of nitrogens with one attached hydrogen (secondary N) is 1. The molecule has 1 amide bonds. The van der Waals surface area contributed by atoms with Gasteiger partial charge in [0.1, 0.15) is 34.6 Å². The normalized spacial score (nSPS) is 10.6. The molecule has 0 aliphatic carbocycles. The van der Waals surface area contributed by atoms with E-state index in [0.717, 1.165) is 63.3 Å². The van der Waals surface area contributed by atoms with Gasteiger partial charge in [-0.2, -0.15) is 10.5 Å². The van der Waals surface area contributed by atoms with Gasteiger partial charge in [-0.15, -0.1) is 0 Å². The lowest BCUT2D eigenvalue weighted by atomic mass is 10.1. The number of nitrogen functional groups attached to an aromatic ring is 1. The maximum atomic E-state index is 11.7. The standard InChI is InChI=1S/C19H20N6O2.C17H18N6/c1-5-12-6-13(9-20)21-10-17(12)25(3)14-7-15(23-19(26)27-4)18-16(8-14)24(2)11-22-18;1-4-11-5-12(8-18)20-9-16(11)23(3)13-6-14(19)17-15(7-13)22(2)10-21-17/h6-8,10-11H,5H2,1-4H3,(H,23,26);5-7,9-10H,4,19H2,1-3H3. The van der Waals surface area contributed by atoms with Crippen molar-refractivity contribution >= 4 is 62.3 Å². The number of amides is 1. The molecule has 2 aromatic carbocycles. The molecule has 3 N–H and O–H groups in total. The molecular weight excluding hydrogens is 632 g/mol. The number of carbonyl (C=O) groups is 1. The van der Waals surface area contributed by atoms with Crippen LogP contribution in [0.15, 0.2) is 61.4 Å². The highest BCUT2D eigenvalue weighted by atomic mass is 16.5. The molecule has 50 heavy (non-hydrogen) atoms. The monoisotopic (exact) mass is 670 g/mol. The van der Waals surface area contributed by atoms with Crippen LogP contribution in [0.2, 0.25) is 0 Å². The van der Waals surface area contributed by atoms with Crippen molar-refractivity contribution in [3.8, 4) is 12.1 Å². The van der Waals surface area contributed by atoms with Crippen LogP contribution in [-0.2, 0) is 31.7 Å². The zero-order valence-electron chi connectivity index (χ0n) is 29.1. The van der Waals surface area contributed by atoms with E-state index >= 15 is 0 Å². The maximum Gasteiger partial charge on any atom is 0.411 e. The minimum atomic E-state index is -0.559. The molecule has 0 aliphatic rings. The van der Waals surface area contributed by atoms with Crippen LogP contribution in [0, 0.1) is 22.7 Å². The van der Waals surface area contributed by atoms with Crippen LogP contribution in [0.3, 0.4) is 0 Å². The number of hydrogen-bond donors (Lipinski definition) is 2. The van der Waals surface area contributed by atoms with Gasteiger partial charge >= 0.3 is 6.09 Å². The van der Waals surface area contributed by atoms with Crippen molar-refractivity contribution in [2.24, 2.45) is 14.1 Å². The summed E-state index contributed by atoms with van der Waals surface area (Å²) < 4.78 is 8.55. The van der Waals surface area contributed by atoms with Gasteiger partial charge in [-0.3, -0.25) is 5.32 Å². The number of imidazole rings is 2. The summed E-state index contributed by atoms with van der Waals surface area (Å²) in [6, 6.07) is 15.6. The Labute approximate surface area is 290 Å². The first-order valence-corrected chi connectivity index (χ1v) is 15.8. The first-order valence-electron chi connectivity index (χ1n) is 15.8. The fourth-order valence-corrected chi connectivity index (χ4v) is 5.65. The van der Waals surface area contributed by atoms with Crippen molar-refractivity contribution < 1.29 is 9.53 Å². The molecule has 4 aromatic heterocycles. The highest BCUT2D eigenvalue weighted by Crippen LogP contribution is 2.34. The molecule has 0 saturated carbocycles. The lowest BCUT2D eigenvalue weighted by Crippen LogP contribution is -2.15. The number of anilines is 6. The summed E-state index contributed by atoms with van der Waals surface area (Å²) >= 11 is 0. The quantitative estimate of drug-likeness (QED) is 0.187. The molecule has 0 radical (unpaired) electrons.